The Morgan fingerprint density at radius 1 is 1.47 bits per heavy atom. The van der Waals surface area contributed by atoms with Crippen LogP contribution in [-0.2, 0) is 4.79 Å². The molecule has 4 nitrogen and oxygen atoms in total. The fourth-order valence-electron chi connectivity index (χ4n) is 2.53. The zero-order valence-corrected chi connectivity index (χ0v) is 11.7. The molecule has 0 aromatic heterocycles. The first-order valence-electron chi connectivity index (χ1n) is 6.99. The summed E-state index contributed by atoms with van der Waals surface area (Å²) in [5, 5.41) is 9.87. The zero-order valence-electron chi connectivity index (χ0n) is 11.7. The number of hydrogen-bond acceptors (Lipinski definition) is 3. The largest absolute Gasteiger partial charge is 0.326 e. The monoisotopic (exact) mass is 261 g/mol. The lowest BCUT2D eigenvalue weighted by Crippen LogP contribution is -2.43. The summed E-state index contributed by atoms with van der Waals surface area (Å²) in [6.45, 7) is 5.86. The molecule has 1 amide bonds. The molecule has 0 saturated carbocycles. The van der Waals surface area contributed by atoms with Gasteiger partial charge in [-0.05, 0) is 44.0 Å². The molecule has 19 heavy (non-hydrogen) atoms. The fourth-order valence-corrected chi connectivity index (χ4v) is 2.53. The third-order valence-electron chi connectivity index (χ3n) is 3.49. The summed E-state index contributed by atoms with van der Waals surface area (Å²) in [7, 11) is 0. The van der Waals surface area contributed by atoms with Crippen LogP contribution >= 0.6 is 0 Å². The van der Waals surface area contributed by atoms with Crippen LogP contribution < -0.4 is 16.0 Å². The van der Waals surface area contributed by atoms with Gasteiger partial charge in [0.25, 0.3) is 0 Å². The van der Waals surface area contributed by atoms with E-state index in [0.717, 1.165) is 18.8 Å². The SMILES string of the molecule is CC(=O)Nc1cccc(C(C)NC2CCCNC2)c1. The van der Waals surface area contributed by atoms with E-state index >= 15 is 0 Å². The standard InChI is InChI=1S/C15H23N3O/c1-11(17-15-7-4-8-16-10-15)13-5-3-6-14(9-13)18-12(2)19/h3,5-6,9,11,15-17H,4,7-8,10H2,1-2H3,(H,18,19). The van der Waals surface area contributed by atoms with Crippen molar-refractivity contribution < 1.29 is 4.79 Å². The highest BCUT2D eigenvalue weighted by Gasteiger charge is 2.16. The van der Waals surface area contributed by atoms with Crippen LogP contribution in [-0.4, -0.2) is 25.0 Å². The molecule has 104 valence electrons. The number of hydrogen-bond donors (Lipinski definition) is 3. The molecular weight excluding hydrogens is 238 g/mol. The minimum atomic E-state index is -0.0331. The van der Waals surface area contributed by atoms with Gasteiger partial charge < -0.3 is 16.0 Å². The highest BCUT2D eigenvalue weighted by molar-refractivity contribution is 5.88. The number of nitrogens with one attached hydrogen (secondary N) is 3. The average Bonchev–Trinajstić information content (AvgIpc) is 2.39. The van der Waals surface area contributed by atoms with Crippen LogP contribution in [0.1, 0.15) is 38.3 Å². The predicted octanol–water partition coefficient (Wildman–Crippen LogP) is 2.05. The van der Waals surface area contributed by atoms with E-state index in [-0.39, 0.29) is 5.91 Å². The topological polar surface area (TPSA) is 53.2 Å². The van der Waals surface area contributed by atoms with Gasteiger partial charge in [0.15, 0.2) is 0 Å². The Hall–Kier alpha value is -1.39. The van der Waals surface area contributed by atoms with Gasteiger partial charge in [0.1, 0.15) is 0 Å². The van der Waals surface area contributed by atoms with E-state index in [1.165, 1.54) is 25.3 Å². The molecule has 2 atom stereocenters. The number of anilines is 1. The summed E-state index contributed by atoms with van der Waals surface area (Å²) >= 11 is 0. The van der Waals surface area contributed by atoms with Crippen molar-refractivity contribution in [3.05, 3.63) is 29.8 Å². The molecule has 2 unspecified atom stereocenters. The second kappa shape index (κ2) is 6.68. The van der Waals surface area contributed by atoms with Crippen molar-refractivity contribution in [3.63, 3.8) is 0 Å². The zero-order chi connectivity index (χ0) is 13.7. The molecule has 0 radical (unpaired) electrons. The Bertz CT molecular complexity index is 427. The van der Waals surface area contributed by atoms with Crippen molar-refractivity contribution in [2.24, 2.45) is 0 Å². The quantitative estimate of drug-likeness (QED) is 0.777. The van der Waals surface area contributed by atoms with Crippen LogP contribution in [0.4, 0.5) is 5.69 Å². The van der Waals surface area contributed by atoms with E-state index in [9.17, 15) is 4.79 Å². The molecular formula is C15H23N3O. The van der Waals surface area contributed by atoms with Gasteiger partial charge in [0.05, 0.1) is 0 Å². The van der Waals surface area contributed by atoms with Crippen molar-refractivity contribution in [1.29, 1.82) is 0 Å². The van der Waals surface area contributed by atoms with Crippen LogP contribution in [0.25, 0.3) is 0 Å². The van der Waals surface area contributed by atoms with Gasteiger partial charge in [-0.25, -0.2) is 0 Å². The lowest BCUT2D eigenvalue weighted by molar-refractivity contribution is -0.114. The summed E-state index contributed by atoms with van der Waals surface area (Å²) in [5.74, 6) is -0.0331. The average molecular weight is 261 g/mol. The molecule has 1 aromatic carbocycles. The van der Waals surface area contributed by atoms with Gasteiger partial charge >= 0.3 is 0 Å². The third kappa shape index (κ3) is 4.33. The van der Waals surface area contributed by atoms with Crippen molar-refractivity contribution >= 4 is 11.6 Å². The normalized spacial score (nSPS) is 20.8. The molecule has 0 spiro atoms. The summed E-state index contributed by atoms with van der Waals surface area (Å²) in [5.41, 5.74) is 2.07. The molecule has 4 heteroatoms. The maximum Gasteiger partial charge on any atom is 0.221 e. The maximum atomic E-state index is 11.1. The van der Waals surface area contributed by atoms with Gasteiger partial charge in [-0.2, -0.15) is 0 Å². The highest BCUT2D eigenvalue weighted by atomic mass is 16.1. The number of rotatable bonds is 4. The number of carbonyl (C=O) groups is 1. The van der Waals surface area contributed by atoms with E-state index in [2.05, 4.69) is 28.9 Å². The van der Waals surface area contributed by atoms with Crippen molar-refractivity contribution in [1.82, 2.24) is 10.6 Å². The number of benzene rings is 1. The van der Waals surface area contributed by atoms with Gasteiger partial charge in [0.2, 0.25) is 5.91 Å². The highest BCUT2D eigenvalue weighted by Crippen LogP contribution is 2.18. The van der Waals surface area contributed by atoms with Crippen LogP contribution in [0.5, 0.6) is 0 Å². The number of carbonyl (C=O) groups excluding carboxylic acids is 1. The molecule has 0 bridgehead atoms. The van der Waals surface area contributed by atoms with E-state index in [0.29, 0.717) is 12.1 Å². The molecule has 3 N–H and O–H groups in total. The number of piperidine rings is 1. The second-order valence-corrected chi connectivity index (χ2v) is 5.24. The fraction of sp³-hybridized carbons (Fsp3) is 0.533. The summed E-state index contributed by atoms with van der Waals surface area (Å²) in [4.78, 5) is 11.1. The lowest BCUT2D eigenvalue weighted by Gasteiger charge is -2.27. The molecule has 1 aromatic rings. The van der Waals surface area contributed by atoms with Crippen LogP contribution in [0, 0.1) is 0 Å². The minimum absolute atomic E-state index is 0.0331. The summed E-state index contributed by atoms with van der Waals surface area (Å²) < 4.78 is 0. The van der Waals surface area contributed by atoms with Crippen molar-refractivity contribution in [2.75, 3.05) is 18.4 Å². The van der Waals surface area contributed by atoms with Gasteiger partial charge in [-0.3, -0.25) is 4.79 Å². The first-order chi connectivity index (χ1) is 9.15. The third-order valence-corrected chi connectivity index (χ3v) is 3.49. The molecule has 0 aliphatic carbocycles. The van der Waals surface area contributed by atoms with E-state index in [1.807, 2.05) is 18.2 Å². The Morgan fingerprint density at radius 2 is 2.32 bits per heavy atom. The molecule has 2 rings (SSSR count). The van der Waals surface area contributed by atoms with E-state index < -0.39 is 0 Å². The van der Waals surface area contributed by atoms with Gasteiger partial charge in [-0.15, -0.1) is 0 Å². The maximum absolute atomic E-state index is 11.1. The van der Waals surface area contributed by atoms with Crippen molar-refractivity contribution in [2.45, 2.75) is 38.8 Å². The van der Waals surface area contributed by atoms with Crippen molar-refractivity contribution in [3.8, 4) is 0 Å². The second-order valence-electron chi connectivity index (χ2n) is 5.24. The molecule has 1 heterocycles. The Labute approximate surface area is 115 Å². The van der Waals surface area contributed by atoms with E-state index in [4.69, 9.17) is 0 Å². The molecule has 1 aliphatic heterocycles. The smallest absolute Gasteiger partial charge is 0.221 e. The Kier molecular flexibility index (Phi) is 4.93. The Balaban J connectivity index is 1.97. The van der Waals surface area contributed by atoms with Crippen LogP contribution in [0.3, 0.4) is 0 Å². The summed E-state index contributed by atoms with van der Waals surface area (Å²) in [6.07, 6.45) is 2.46. The van der Waals surface area contributed by atoms with Gasteiger partial charge in [0, 0.05) is 31.2 Å². The van der Waals surface area contributed by atoms with Gasteiger partial charge in [-0.1, -0.05) is 12.1 Å². The summed E-state index contributed by atoms with van der Waals surface area (Å²) in [6, 6.07) is 8.86. The predicted molar refractivity (Wildman–Crippen MR) is 78.2 cm³/mol. The van der Waals surface area contributed by atoms with E-state index in [1.54, 1.807) is 0 Å². The first kappa shape index (κ1) is 14.0. The van der Waals surface area contributed by atoms with Crippen LogP contribution in [0.2, 0.25) is 0 Å². The first-order valence-corrected chi connectivity index (χ1v) is 6.99. The molecule has 1 fully saturated rings. The Morgan fingerprint density at radius 3 is 3.00 bits per heavy atom. The van der Waals surface area contributed by atoms with Crippen LogP contribution in [0.15, 0.2) is 24.3 Å². The molecule has 1 saturated heterocycles. The lowest BCUT2D eigenvalue weighted by atomic mass is 10.0. The number of amides is 1. The minimum Gasteiger partial charge on any atom is -0.326 e. The molecule has 1 aliphatic rings.